The number of anilines is 1. The number of aromatic nitrogens is 2. The molecule has 2 aromatic heterocycles. The molecule has 2 aromatic rings. The van der Waals surface area contributed by atoms with Gasteiger partial charge in [0.15, 0.2) is 0 Å². The lowest BCUT2D eigenvalue weighted by atomic mass is 10.1. The second-order valence-corrected chi connectivity index (χ2v) is 6.01. The minimum atomic E-state index is 0.685. The first-order valence-electron chi connectivity index (χ1n) is 7.76. The van der Waals surface area contributed by atoms with E-state index in [0.29, 0.717) is 11.7 Å². The Labute approximate surface area is 139 Å². The van der Waals surface area contributed by atoms with Crippen LogP contribution in [0.4, 0.5) is 5.82 Å². The Bertz CT molecular complexity index is 690. The van der Waals surface area contributed by atoms with Crippen molar-refractivity contribution in [1.82, 2.24) is 14.9 Å². The molecule has 0 aliphatic carbocycles. The Morgan fingerprint density at radius 3 is 2.65 bits per heavy atom. The molecular weight excluding hydrogens is 305 g/mol. The van der Waals surface area contributed by atoms with Crippen LogP contribution < -0.4 is 4.90 Å². The van der Waals surface area contributed by atoms with Crippen LogP contribution in [0.5, 0.6) is 0 Å². The molecule has 1 fully saturated rings. The van der Waals surface area contributed by atoms with Crippen LogP contribution in [-0.2, 0) is 12.7 Å². The number of hydrogen-bond acceptors (Lipinski definition) is 5. The van der Waals surface area contributed by atoms with Gasteiger partial charge < -0.3 is 4.90 Å². The second-order valence-electron chi connectivity index (χ2n) is 5.60. The molecular formula is C17H20N5P. The number of nitriles is 1. The highest BCUT2D eigenvalue weighted by molar-refractivity contribution is 7.15. The third-order valence-corrected chi connectivity index (χ3v) is 4.48. The van der Waals surface area contributed by atoms with Gasteiger partial charge in [-0.1, -0.05) is 6.07 Å². The zero-order chi connectivity index (χ0) is 16.1. The van der Waals surface area contributed by atoms with Crippen molar-refractivity contribution in [2.45, 2.75) is 12.7 Å². The van der Waals surface area contributed by atoms with Crippen LogP contribution in [0.1, 0.15) is 16.8 Å². The fraction of sp³-hybridized carbons (Fsp3) is 0.353. The summed E-state index contributed by atoms with van der Waals surface area (Å²) in [6.45, 7) is 4.76. The predicted molar refractivity (Wildman–Crippen MR) is 94.1 cm³/mol. The molecule has 0 bridgehead atoms. The fourth-order valence-electron chi connectivity index (χ4n) is 2.82. The topological polar surface area (TPSA) is 56.1 Å². The number of rotatable bonds is 4. The van der Waals surface area contributed by atoms with E-state index in [9.17, 15) is 5.26 Å². The van der Waals surface area contributed by atoms with Gasteiger partial charge in [-0.3, -0.25) is 9.88 Å². The van der Waals surface area contributed by atoms with Crippen LogP contribution >= 0.6 is 9.24 Å². The number of nitrogens with zero attached hydrogens (tertiary/aromatic N) is 5. The maximum atomic E-state index is 9.21. The molecule has 0 spiro atoms. The third-order valence-electron chi connectivity index (χ3n) is 4.09. The van der Waals surface area contributed by atoms with Gasteiger partial charge in [0, 0.05) is 51.3 Å². The molecule has 0 N–H and O–H groups in total. The van der Waals surface area contributed by atoms with E-state index in [-0.39, 0.29) is 0 Å². The van der Waals surface area contributed by atoms with Crippen molar-refractivity contribution in [3.8, 4) is 6.07 Å². The van der Waals surface area contributed by atoms with Gasteiger partial charge in [0.05, 0.1) is 11.3 Å². The summed E-state index contributed by atoms with van der Waals surface area (Å²) in [5, 5.41) is 9.21. The molecule has 0 radical (unpaired) electrons. The van der Waals surface area contributed by atoms with Crippen molar-refractivity contribution >= 4 is 15.1 Å². The van der Waals surface area contributed by atoms with Gasteiger partial charge >= 0.3 is 0 Å². The lowest BCUT2D eigenvalue weighted by molar-refractivity contribution is 0.249. The summed E-state index contributed by atoms with van der Waals surface area (Å²) >= 11 is 0. The standard InChI is InChI=1S/C17H20N5P/c18-10-15-9-14(11-20-16(15)13-23)12-21-5-7-22(8-6-21)17-3-1-2-4-19-17/h1-4,9,11H,5-8,12-13,23H2. The van der Waals surface area contributed by atoms with Crippen LogP contribution in [0, 0.1) is 11.3 Å². The van der Waals surface area contributed by atoms with Crippen molar-refractivity contribution in [3.63, 3.8) is 0 Å². The lowest BCUT2D eigenvalue weighted by Gasteiger charge is -2.35. The number of hydrogen-bond donors (Lipinski definition) is 0. The Morgan fingerprint density at radius 1 is 1.17 bits per heavy atom. The number of piperazine rings is 1. The van der Waals surface area contributed by atoms with Crippen molar-refractivity contribution in [3.05, 3.63) is 53.5 Å². The fourth-order valence-corrected chi connectivity index (χ4v) is 3.14. The Kier molecular flexibility index (Phi) is 5.17. The maximum absolute atomic E-state index is 9.21. The summed E-state index contributed by atoms with van der Waals surface area (Å²) < 4.78 is 0. The largest absolute Gasteiger partial charge is 0.354 e. The average Bonchev–Trinajstić information content (AvgIpc) is 2.63. The van der Waals surface area contributed by atoms with Crippen LogP contribution in [0.3, 0.4) is 0 Å². The first-order valence-corrected chi connectivity index (χ1v) is 8.58. The second kappa shape index (κ2) is 7.50. The quantitative estimate of drug-likeness (QED) is 0.805. The van der Waals surface area contributed by atoms with Gasteiger partial charge in [-0.15, -0.1) is 9.24 Å². The first-order chi connectivity index (χ1) is 11.3. The molecule has 118 valence electrons. The smallest absolute Gasteiger partial charge is 0.128 e. The monoisotopic (exact) mass is 325 g/mol. The highest BCUT2D eigenvalue weighted by Crippen LogP contribution is 2.16. The molecule has 1 aliphatic heterocycles. The summed E-state index contributed by atoms with van der Waals surface area (Å²) in [6, 6.07) is 10.2. The first kappa shape index (κ1) is 15.9. The van der Waals surface area contributed by atoms with E-state index in [2.05, 4.69) is 41.1 Å². The van der Waals surface area contributed by atoms with Gasteiger partial charge in [-0.25, -0.2) is 4.98 Å². The molecule has 1 atom stereocenters. The van der Waals surface area contributed by atoms with Gasteiger partial charge in [-0.05, 0) is 23.8 Å². The van der Waals surface area contributed by atoms with E-state index >= 15 is 0 Å². The highest BCUT2D eigenvalue weighted by Gasteiger charge is 2.18. The van der Waals surface area contributed by atoms with Gasteiger partial charge in [0.25, 0.3) is 0 Å². The summed E-state index contributed by atoms with van der Waals surface area (Å²) in [5.74, 6) is 1.05. The molecule has 5 nitrogen and oxygen atoms in total. The minimum absolute atomic E-state index is 0.685. The van der Waals surface area contributed by atoms with E-state index in [0.717, 1.165) is 49.8 Å². The van der Waals surface area contributed by atoms with E-state index in [1.165, 1.54) is 0 Å². The van der Waals surface area contributed by atoms with Crippen molar-refractivity contribution < 1.29 is 0 Å². The van der Waals surface area contributed by atoms with Crippen LogP contribution in [0.25, 0.3) is 0 Å². The van der Waals surface area contributed by atoms with Crippen LogP contribution in [0.2, 0.25) is 0 Å². The van der Waals surface area contributed by atoms with Crippen molar-refractivity contribution in [2.75, 3.05) is 31.1 Å². The summed E-state index contributed by atoms with van der Waals surface area (Å²) in [5.41, 5.74) is 2.64. The molecule has 1 unspecified atom stereocenters. The molecule has 6 heteroatoms. The van der Waals surface area contributed by atoms with Crippen LogP contribution in [0.15, 0.2) is 36.7 Å². The summed E-state index contributed by atoms with van der Waals surface area (Å²) in [4.78, 5) is 13.5. The molecule has 3 heterocycles. The molecule has 3 rings (SSSR count). The molecule has 0 amide bonds. The number of pyridine rings is 2. The zero-order valence-electron chi connectivity index (χ0n) is 13.0. The van der Waals surface area contributed by atoms with Gasteiger partial charge in [0.2, 0.25) is 0 Å². The molecule has 1 saturated heterocycles. The summed E-state index contributed by atoms with van der Waals surface area (Å²) in [6.07, 6.45) is 4.45. The van der Waals surface area contributed by atoms with Crippen molar-refractivity contribution in [2.24, 2.45) is 0 Å². The van der Waals surface area contributed by atoms with E-state index in [1.54, 1.807) is 0 Å². The molecule has 23 heavy (non-hydrogen) atoms. The Hall–Kier alpha value is -2.02. The molecule has 0 aromatic carbocycles. The average molecular weight is 325 g/mol. The molecule has 0 saturated carbocycles. The van der Waals surface area contributed by atoms with Gasteiger partial charge in [0.1, 0.15) is 11.9 Å². The lowest BCUT2D eigenvalue weighted by Crippen LogP contribution is -2.46. The minimum Gasteiger partial charge on any atom is -0.354 e. The van der Waals surface area contributed by atoms with Crippen LogP contribution in [-0.4, -0.2) is 41.0 Å². The Morgan fingerprint density at radius 2 is 2.00 bits per heavy atom. The van der Waals surface area contributed by atoms with E-state index in [4.69, 9.17) is 0 Å². The normalized spacial score (nSPS) is 15.4. The molecule has 1 aliphatic rings. The van der Waals surface area contributed by atoms with E-state index < -0.39 is 0 Å². The van der Waals surface area contributed by atoms with E-state index in [1.807, 2.05) is 30.6 Å². The Balaban J connectivity index is 1.60. The third kappa shape index (κ3) is 3.85. The predicted octanol–water partition coefficient (Wildman–Crippen LogP) is 2.05. The van der Waals surface area contributed by atoms with Crippen molar-refractivity contribution in [1.29, 1.82) is 5.26 Å². The SMILES string of the molecule is N#Cc1cc(CN2CCN(c3ccccn3)CC2)cnc1CP. The summed E-state index contributed by atoms with van der Waals surface area (Å²) in [7, 11) is 2.62. The maximum Gasteiger partial charge on any atom is 0.128 e. The van der Waals surface area contributed by atoms with Gasteiger partial charge in [-0.2, -0.15) is 5.26 Å². The highest BCUT2D eigenvalue weighted by atomic mass is 31.0. The zero-order valence-corrected chi connectivity index (χ0v) is 14.2.